The Kier molecular flexibility index (Phi) is 3.68. The standard InChI is InChI=1S/C16H13F4N/c17-13-4-1-9(5-10(13)8-21-11-2-3-11)12-6-15(19)16(20)7-14(12)18/h1,4-7,11,21H,2-3,8H2. The highest BCUT2D eigenvalue weighted by Crippen LogP contribution is 2.27. The average Bonchev–Trinajstić information content (AvgIpc) is 3.26. The normalized spacial score (nSPS) is 14.5. The number of benzene rings is 2. The van der Waals surface area contributed by atoms with Crippen molar-refractivity contribution in [3.63, 3.8) is 0 Å². The Balaban J connectivity index is 1.94. The van der Waals surface area contributed by atoms with Crippen LogP contribution in [-0.4, -0.2) is 6.04 Å². The number of halogens is 4. The quantitative estimate of drug-likeness (QED) is 0.659. The maximum atomic E-state index is 13.8. The van der Waals surface area contributed by atoms with Crippen molar-refractivity contribution < 1.29 is 17.6 Å². The summed E-state index contributed by atoms with van der Waals surface area (Å²) in [7, 11) is 0. The molecule has 0 unspecified atom stereocenters. The van der Waals surface area contributed by atoms with Crippen LogP contribution in [0.5, 0.6) is 0 Å². The van der Waals surface area contributed by atoms with Gasteiger partial charge in [-0.25, -0.2) is 17.6 Å². The zero-order chi connectivity index (χ0) is 15.0. The molecule has 0 aliphatic heterocycles. The van der Waals surface area contributed by atoms with Gasteiger partial charge in [-0.1, -0.05) is 6.07 Å². The van der Waals surface area contributed by atoms with Crippen LogP contribution in [-0.2, 0) is 6.54 Å². The van der Waals surface area contributed by atoms with Gasteiger partial charge >= 0.3 is 0 Å². The van der Waals surface area contributed by atoms with Crippen LogP contribution >= 0.6 is 0 Å². The number of rotatable bonds is 4. The summed E-state index contributed by atoms with van der Waals surface area (Å²) < 4.78 is 53.7. The van der Waals surface area contributed by atoms with Gasteiger partial charge in [0.2, 0.25) is 0 Å². The fraction of sp³-hybridized carbons (Fsp3) is 0.250. The van der Waals surface area contributed by atoms with E-state index < -0.39 is 23.3 Å². The van der Waals surface area contributed by atoms with Crippen LogP contribution in [0, 0.1) is 23.3 Å². The first-order valence-corrected chi connectivity index (χ1v) is 6.71. The largest absolute Gasteiger partial charge is 0.310 e. The van der Waals surface area contributed by atoms with Gasteiger partial charge in [-0.2, -0.15) is 0 Å². The lowest BCUT2D eigenvalue weighted by atomic mass is 10.0. The van der Waals surface area contributed by atoms with Crippen LogP contribution < -0.4 is 5.32 Å². The Morgan fingerprint density at radius 3 is 2.29 bits per heavy atom. The van der Waals surface area contributed by atoms with Crippen LogP contribution in [0.25, 0.3) is 11.1 Å². The molecule has 0 radical (unpaired) electrons. The van der Waals surface area contributed by atoms with Crippen molar-refractivity contribution >= 4 is 0 Å². The fourth-order valence-electron chi connectivity index (χ4n) is 2.16. The zero-order valence-corrected chi connectivity index (χ0v) is 11.1. The molecule has 110 valence electrons. The van der Waals surface area contributed by atoms with Gasteiger partial charge < -0.3 is 5.32 Å². The fourth-order valence-corrected chi connectivity index (χ4v) is 2.16. The van der Waals surface area contributed by atoms with Crippen LogP contribution in [0.15, 0.2) is 30.3 Å². The molecule has 1 nitrogen and oxygen atoms in total. The summed E-state index contributed by atoms with van der Waals surface area (Å²) in [6.07, 6.45) is 2.14. The summed E-state index contributed by atoms with van der Waals surface area (Å²) >= 11 is 0. The van der Waals surface area contributed by atoms with E-state index in [0.717, 1.165) is 18.9 Å². The molecule has 0 saturated heterocycles. The highest BCUT2D eigenvalue weighted by Gasteiger charge is 2.21. The summed E-state index contributed by atoms with van der Waals surface area (Å²) in [5.74, 6) is -3.65. The molecule has 2 aromatic rings. The predicted octanol–water partition coefficient (Wildman–Crippen LogP) is 4.16. The Bertz CT molecular complexity index is 680. The van der Waals surface area contributed by atoms with E-state index in [1.165, 1.54) is 18.2 Å². The van der Waals surface area contributed by atoms with E-state index in [4.69, 9.17) is 0 Å². The highest BCUT2D eigenvalue weighted by molar-refractivity contribution is 5.65. The minimum absolute atomic E-state index is 0.0819. The van der Waals surface area contributed by atoms with Gasteiger partial charge in [0, 0.05) is 29.8 Å². The van der Waals surface area contributed by atoms with Gasteiger partial charge in [0.25, 0.3) is 0 Å². The second-order valence-electron chi connectivity index (χ2n) is 5.21. The zero-order valence-electron chi connectivity index (χ0n) is 11.1. The molecular formula is C16H13F4N. The van der Waals surface area contributed by atoms with Crippen LogP contribution in [0.3, 0.4) is 0 Å². The lowest BCUT2D eigenvalue weighted by Gasteiger charge is -2.09. The monoisotopic (exact) mass is 295 g/mol. The van der Waals surface area contributed by atoms with Crippen LogP contribution in [0.1, 0.15) is 18.4 Å². The van der Waals surface area contributed by atoms with Gasteiger partial charge in [-0.3, -0.25) is 0 Å². The third-order valence-electron chi connectivity index (χ3n) is 3.53. The van der Waals surface area contributed by atoms with E-state index in [9.17, 15) is 17.6 Å². The summed E-state index contributed by atoms with van der Waals surface area (Å²) in [5.41, 5.74) is 0.616. The lowest BCUT2D eigenvalue weighted by Crippen LogP contribution is -2.16. The molecule has 0 aromatic heterocycles. The van der Waals surface area contributed by atoms with E-state index in [0.29, 0.717) is 29.8 Å². The molecule has 0 heterocycles. The van der Waals surface area contributed by atoms with E-state index >= 15 is 0 Å². The van der Waals surface area contributed by atoms with Crippen molar-refractivity contribution in [2.24, 2.45) is 0 Å². The van der Waals surface area contributed by atoms with Gasteiger partial charge in [-0.15, -0.1) is 0 Å². The Hall–Kier alpha value is -1.88. The Labute approximate surface area is 119 Å². The number of hydrogen-bond acceptors (Lipinski definition) is 1. The minimum atomic E-state index is -1.24. The SMILES string of the molecule is Fc1cc(F)c(-c2ccc(F)c(CNC3CC3)c2)cc1F. The smallest absolute Gasteiger partial charge is 0.161 e. The lowest BCUT2D eigenvalue weighted by molar-refractivity contribution is 0.496. The molecule has 0 bridgehead atoms. The molecule has 1 aliphatic rings. The van der Waals surface area contributed by atoms with Crippen molar-refractivity contribution in [1.29, 1.82) is 0 Å². The first-order chi connectivity index (χ1) is 10.0. The first-order valence-electron chi connectivity index (χ1n) is 6.71. The number of nitrogens with one attached hydrogen (secondary N) is 1. The van der Waals surface area contributed by atoms with E-state index in [-0.39, 0.29) is 5.56 Å². The molecule has 21 heavy (non-hydrogen) atoms. The molecule has 1 fully saturated rings. The maximum absolute atomic E-state index is 13.8. The maximum Gasteiger partial charge on any atom is 0.161 e. The summed E-state index contributed by atoms with van der Waals surface area (Å²) in [6, 6.07) is 5.71. The molecule has 1 N–H and O–H groups in total. The third-order valence-corrected chi connectivity index (χ3v) is 3.53. The van der Waals surface area contributed by atoms with Crippen LogP contribution in [0.4, 0.5) is 17.6 Å². The van der Waals surface area contributed by atoms with E-state index in [1.807, 2.05) is 0 Å². The summed E-state index contributed by atoms with van der Waals surface area (Å²) in [4.78, 5) is 0. The van der Waals surface area contributed by atoms with Gasteiger partial charge in [0.05, 0.1) is 0 Å². The molecule has 5 heteroatoms. The highest BCUT2D eigenvalue weighted by atomic mass is 19.2. The average molecular weight is 295 g/mol. The van der Waals surface area contributed by atoms with Crippen molar-refractivity contribution in [3.8, 4) is 11.1 Å². The molecule has 0 spiro atoms. The van der Waals surface area contributed by atoms with Crippen molar-refractivity contribution in [2.75, 3.05) is 0 Å². The third kappa shape index (κ3) is 3.08. The van der Waals surface area contributed by atoms with Crippen LogP contribution in [0.2, 0.25) is 0 Å². The Morgan fingerprint density at radius 2 is 1.57 bits per heavy atom. The topological polar surface area (TPSA) is 12.0 Å². The first kappa shape index (κ1) is 14.1. The molecule has 0 amide bonds. The van der Waals surface area contributed by atoms with Gasteiger partial charge in [0.15, 0.2) is 11.6 Å². The second kappa shape index (κ2) is 5.48. The molecule has 1 aliphatic carbocycles. The van der Waals surface area contributed by atoms with E-state index in [1.54, 1.807) is 0 Å². The van der Waals surface area contributed by atoms with Crippen molar-refractivity contribution in [2.45, 2.75) is 25.4 Å². The molecule has 2 aromatic carbocycles. The van der Waals surface area contributed by atoms with Crippen molar-refractivity contribution in [1.82, 2.24) is 5.32 Å². The van der Waals surface area contributed by atoms with E-state index in [2.05, 4.69) is 5.32 Å². The second-order valence-corrected chi connectivity index (χ2v) is 5.21. The molecule has 3 rings (SSSR count). The summed E-state index contributed by atoms with van der Waals surface area (Å²) in [6.45, 7) is 0.329. The summed E-state index contributed by atoms with van der Waals surface area (Å²) in [5, 5.41) is 3.16. The van der Waals surface area contributed by atoms with Gasteiger partial charge in [-0.05, 0) is 36.6 Å². The Morgan fingerprint density at radius 1 is 0.857 bits per heavy atom. The predicted molar refractivity (Wildman–Crippen MR) is 71.6 cm³/mol. The number of hydrogen-bond donors (Lipinski definition) is 1. The van der Waals surface area contributed by atoms with Crippen molar-refractivity contribution in [3.05, 3.63) is 59.2 Å². The molecule has 1 saturated carbocycles. The molecule has 0 atom stereocenters. The molecular weight excluding hydrogens is 282 g/mol. The minimum Gasteiger partial charge on any atom is -0.310 e. The van der Waals surface area contributed by atoms with Gasteiger partial charge in [0.1, 0.15) is 11.6 Å².